The molecule has 168 valence electrons. The van der Waals surface area contributed by atoms with Crippen molar-refractivity contribution in [3.63, 3.8) is 0 Å². The van der Waals surface area contributed by atoms with Crippen LogP contribution in [-0.2, 0) is 14.4 Å². The fourth-order valence-electron chi connectivity index (χ4n) is 3.89. The average molecular weight is 437 g/mol. The molecule has 4 rings (SSSR count). The lowest BCUT2D eigenvalue weighted by Crippen LogP contribution is -2.50. The van der Waals surface area contributed by atoms with E-state index in [1.165, 1.54) is 4.90 Å². The second kappa shape index (κ2) is 9.72. The standard InChI is InChI=1S/C24H27N3O5/c1-17-24(30)27(15-23(29)26-12-6-3-7-13-26)20-14-18(10-11-21(20)32-17)25-22(28)16-31-19-8-4-2-5-9-19/h2,4-5,8-11,14,17H,3,6-7,12-13,15-16H2,1H3,(H,25,28). The maximum Gasteiger partial charge on any atom is 0.268 e. The molecule has 8 nitrogen and oxygen atoms in total. The molecule has 3 amide bonds. The van der Waals surface area contributed by atoms with Gasteiger partial charge in [-0.3, -0.25) is 19.3 Å². The monoisotopic (exact) mass is 437 g/mol. The molecule has 8 heteroatoms. The van der Waals surface area contributed by atoms with E-state index in [0.717, 1.165) is 32.4 Å². The molecule has 0 aliphatic carbocycles. The van der Waals surface area contributed by atoms with Gasteiger partial charge in [0.15, 0.2) is 12.7 Å². The summed E-state index contributed by atoms with van der Waals surface area (Å²) in [5.41, 5.74) is 0.965. The molecule has 1 saturated heterocycles. The summed E-state index contributed by atoms with van der Waals surface area (Å²) < 4.78 is 11.2. The third kappa shape index (κ3) is 5.01. The average Bonchev–Trinajstić information content (AvgIpc) is 2.82. The summed E-state index contributed by atoms with van der Waals surface area (Å²) in [6, 6.07) is 14.1. The van der Waals surface area contributed by atoms with Crippen molar-refractivity contribution < 1.29 is 23.9 Å². The number of amides is 3. The van der Waals surface area contributed by atoms with Crippen molar-refractivity contribution >= 4 is 29.1 Å². The first-order valence-corrected chi connectivity index (χ1v) is 10.9. The van der Waals surface area contributed by atoms with E-state index in [-0.39, 0.29) is 30.9 Å². The zero-order valence-electron chi connectivity index (χ0n) is 18.1. The van der Waals surface area contributed by atoms with Gasteiger partial charge in [0.2, 0.25) is 5.91 Å². The summed E-state index contributed by atoms with van der Waals surface area (Å²) in [5, 5.41) is 2.77. The van der Waals surface area contributed by atoms with Crippen LogP contribution in [0.4, 0.5) is 11.4 Å². The van der Waals surface area contributed by atoms with E-state index in [9.17, 15) is 14.4 Å². The normalized spacial score (nSPS) is 17.9. The molecule has 0 radical (unpaired) electrons. The van der Waals surface area contributed by atoms with Crippen molar-refractivity contribution in [2.45, 2.75) is 32.3 Å². The fourth-order valence-corrected chi connectivity index (χ4v) is 3.89. The lowest BCUT2D eigenvalue weighted by molar-refractivity contribution is -0.133. The number of piperidine rings is 1. The first-order chi connectivity index (χ1) is 15.5. The summed E-state index contributed by atoms with van der Waals surface area (Å²) in [5.74, 6) is 0.411. The Morgan fingerprint density at radius 2 is 1.84 bits per heavy atom. The highest BCUT2D eigenvalue weighted by atomic mass is 16.5. The Morgan fingerprint density at radius 1 is 1.09 bits per heavy atom. The second-order valence-electron chi connectivity index (χ2n) is 7.96. The van der Waals surface area contributed by atoms with Gasteiger partial charge in [0.1, 0.15) is 18.0 Å². The van der Waals surface area contributed by atoms with Crippen LogP contribution in [0, 0.1) is 0 Å². The Hall–Kier alpha value is -3.55. The smallest absolute Gasteiger partial charge is 0.268 e. The number of anilines is 2. The molecule has 32 heavy (non-hydrogen) atoms. The minimum atomic E-state index is -0.684. The molecule has 0 aromatic heterocycles. The largest absolute Gasteiger partial charge is 0.484 e. The lowest BCUT2D eigenvalue weighted by Gasteiger charge is -2.35. The third-order valence-corrected chi connectivity index (χ3v) is 5.57. The van der Waals surface area contributed by atoms with Gasteiger partial charge >= 0.3 is 0 Å². The molecule has 1 unspecified atom stereocenters. The number of hydrogen-bond donors (Lipinski definition) is 1. The minimum Gasteiger partial charge on any atom is -0.484 e. The highest BCUT2D eigenvalue weighted by Crippen LogP contribution is 2.36. The first-order valence-electron chi connectivity index (χ1n) is 10.9. The second-order valence-corrected chi connectivity index (χ2v) is 7.96. The van der Waals surface area contributed by atoms with Crippen LogP contribution >= 0.6 is 0 Å². The van der Waals surface area contributed by atoms with Gasteiger partial charge in [0.25, 0.3) is 11.8 Å². The van der Waals surface area contributed by atoms with Gasteiger partial charge < -0.3 is 19.7 Å². The van der Waals surface area contributed by atoms with Gasteiger partial charge in [-0.2, -0.15) is 0 Å². The number of fused-ring (bicyclic) bond motifs is 1. The van der Waals surface area contributed by atoms with E-state index < -0.39 is 6.10 Å². The fraction of sp³-hybridized carbons (Fsp3) is 0.375. The van der Waals surface area contributed by atoms with E-state index >= 15 is 0 Å². The number of carbonyl (C=O) groups excluding carboxylic acids is 3. The predicted molar refractivity (Wildman–Crippen MR) is 120 cm³/mol. The van der Waals surface area contributed by atoms with Crippen LogP contribution in [0.25, 0.3) is 0 Å². The first kappa shape index (κ1) is 21.7. The zero-order chi connectivity index (χ0) is 22.5. The van der Waals surface area contributed by atoms with Gasteiger partial charge in [0.05, 0.1) is 5.69 Å². The summed E-state index contributed by atoms with van der Waals surface area (Å²) in [6.07, 6.45) is 2.40. The summed E-state index contributed by atoms with van der Waals surface area (Å²) in [7, 11) is 0. The van der Waals surface area contributed by atoms with Gasteiger partial charge in [-0.25, -0.2) is 0 Å². The molecular weight excluding hydrogens is 410 g/mol. The topological polar surface area (TPSA) is 88.2 Å². The molecule has 2 aliphatic heterocycles. The molecule has 2 aromatic carbocycles. The highest BCUT2D eigenvalue weighted by molar-refractivity contribution is 6.04. The number of para-hydroxylation sites is 1. The van der Waals surface area contributed by atoms with E-state index in [1.807, 2.05) is 23.1 Å². The van der Waals surface area contributed by atoms with Crippen molar-refractivity contribution in [3.05, 3.63) is 48.5 Å². The Morgan fingerprint density at radius 3 is 2.59 bits per heavy atom. The number of carbonyl (C=O) groups is 3. The number of nitrogens with one attached hydrogen (secondary N) is 1. The Bertz CT molecular complexity index is 988. The number of rotatable bonds is 6. The van der Waals surface area contributed by atoms with Crippen molar-refractivity contribution in [3.8, 4) is 11.5 Å². The number of ether oxygens (including phenoxy) is 2. The number of nitrogens with zero attached hydrogens (tertiary/aromatic N) is 2. The quantitative estimate of drug-likeness (QED) is 0.751. The van der Waals surface area contributed by atoms with Crippen LogP contribution in [0.2, 0.25) is 0 Å². The summed E-state index contributed by atoms with van der Waals surface area (Å²) >= 11 is 0. The Balaban J connectivity index is 1.46. The number of hydrogen-bond acceptors (Lipinski definition) is 5. The Kier molecular flexibility index (Phi) is 6.58. The SMILES string of the molecule is CC1Oc2ccc(NC(=O)COc3ccccc3)cc2N(CC(=O)N2CCCCC2)C1=O. The molecule has 1 fully saturated rings. The highest BCUT2D eigenvalue weighted by Gasteiger charge is 2.34. The predicted octanol–water partition coefficient (Wildman–Crippen LogP) is 2.83. The van der Waals surface area contributed by atoms with Gasteiger partial charge in [0, 0.05) is 18.8 Å². The van der Waals surface area contributed by atoms with Crippen LogP contribution in [0.5, 0.6) is 11.5 Å². The Labute approximate surface area is 187 Å². The van der Waals surface area contributed by atoms with E-state index in [2.05, 4.69) is 5.32 Å². The molecule has 1 atom stereocenters. The molecule has 2 heterocycles. The van der Waals surface area contributed by atoms with Crippen molar-refractivity contribution in [2.24, 2.45) is 0 Å². The molecule has 1 N–H and O–H groups in total. The minimum absolute atomic E-state index is 0.0476. The van der Waals surface area contributed by atoms with Crippen molar-refractivity contribution in [1.82, 2.24) is 4.90 Å². The molecule has 2 aromatic rings. The van der Waals surface area contributed by atoms with Crippen LogP contribution in [0.1, 0.15) is 26.2 Å². The maximum atomic E-state index is 12.8. The summed E-state index contributed by atoms with van der Waals surface area (Å²) in [6.45, 7) is 2.91. The zero-order valence-corrected chi connectivity index (χ0v) is 18.1. The lowest BCUT2D eigenvalue weighted by atomic mass is 10.1. The number of benzene rings is 2. The van der Waals surface area contributed by atoms with E-state index in [4.69, 9.17) is 9.47 Å². The van der Waals surface area contributed by atoms with E-state index in [1.54, 1.807) is 37.3 Å². The molecule has 0 bridgehead atoms. The van der Waals surface area contributed by atoms with Crippen molar-refractivity contribution in [2.75, 3.05) is 36.5 Å². The van der Waals surface area contributed by atoms with Crippen LogP contribution in [0.3, 0.4) is 0 Å². The third-order valence-electron chi connectivity index (χ3n) is 5.57. The van der Waals surface area contributed by atoms with Crippen LogP contribution < -0.4 is 19.7 Å². The molecule has 0 saturated carbocycles. The van der Waals surface area contributed by atoms with Gasteiger partial charge in [-0.05, 0) is 56.5 Å². The van der Waals surface area contributed by atoms with Crippen LogP contribution in [0.15, 0.2) is 48.5 Å². The number of likely N-dealkylation sites (tertiary alicyclic amines) is 1. The van der Waals surface area contributed by atoms with Crippen molar-refractivity contribution in [1.29, 1.82) is 0 Å². The van der Waals surface area contributed by atoms with Gasteiger partial charge in [-0.15, -0.1) is 0 Å². The molecular formula is C24H27N3O5. The van der Waals surface area contributed by atoms with E-state index in [0.29, 0.717) is 22.9 Å². The van der Waals surface area contributed by atoms with Gasteiger partial charge in [-0.1, -0.05) is 18.2 Å². The molecule has 2 aliphatic rings. The maximum absolute atomic E-state index is 12.8. The van der Waals surface area contributed by atoms with Crippen LogP contribution in [-0.4, -0.2) is 55.0 Å². The summed E-state index contributed by atoms with van der Waals surface area (Å²) in [4.78, 5) is 41.2. The molecule has 0 spiro atoms.